The summed E-state index contributed by atoms with van der Waals surface area (Å²) in [5.74, 6) is 0. The molecule has 1 heterocycles. The highest BCUT2D eigenvalue weighted by Gasteiger charge is 2.39. The molecular formula is C9H8Cl3N3O2S. The van der Waals surface area contributed by atoms with Crippen molar-refractivity contribution in [3.8, 4) is 0 Å². The summed E-state index contributed by atoms with van der Waals surface area (Å²) in [6, 6.07) is 2.45. The lowest BCUT2D eigenvalue weighted by atomic mass is 10.3. The van der Waals surface area contributed by atoms with Crippen LogP contribution in [0.4, 0.5) is 10.5 Å². The van der Waals surface area contributed by atoms with Gasteiger partial charge in [-0.05, 0) is 12.1 Å². The van der Waals surface area contributed by atoms with Crippen molar-refractivity contribution in [2.75, 3.05) is 18.4 Å². The van der Waals surface area contributed by atoms with E-state index in [4.69, 9.17) is 34.8 Å². The van der Waals surface area contributed by atoms with Crippen LogP contribution in [0.5, 0.6) is 0 Å². The molecule has 1 unspecified atom stereocenters. The van der Waals surface area contributed by atoms with E-state index in [1.54, 1.807) is 0 Å². The summed E-state index contributed by atoms with van der Waals surface area (Å²) in [5.41, 5.74) is 0.328. The molecule has 0 N–H and O–H groups in total. The normalized spacial score (nSPS) is 20.9. The number of hydrogen-bond donors (Lipinski definition) is 0. The monoisotopic (exact) mass is 327 g/mol. The predicted octanol–water partition coefficient (Wildman–Crippen LogP) is 2.94. The van der Waals surface area contributed by atoms with Crippen LogP contribution in [0.1, 0.15) is 0 Å². The Balaban J connectivity index is 2.50. The van der Waals surface area contributed by atoms with E-state index in [0.29, 0.717) is 5.69 Å². The molecule has 0 spiro atoms. The second kappa shape index (κ2) is 4.86. The van der Waals surface area contributed by atoms with Gasteiger partial charge in [0.05, 0.1) is 20.8 Å². The van der Waals surface area contributed by atoms with Crippen LogP contribution in [0.25, 0.3) is 0 Å². The molecule has 2 rings (SSSR count). The second-order valence-electron chi connectivity index (χ2n) is 3.52. The Kier molecular flexibility index (Phi) is 3.75. The third-order valence-electron chi connectivity index (χ3n) is 2.46. The number of rotatable bonds is 1. The number of amides is 2. The van der Waals surface area contributed by atoms with E-state index in [0.717, 1.165) is 4.31 Å². The van der Waals surface area contributed by atoms with E-state index >= 15 is 0 Å². The molecule has 18 heavy (non-hydrogen) atoms. The molecule has 1 saturated heterocycles. The molecule has 0 aromatic heterocycles. The van der Waals surface area contributed by atoms with Crippen molar-refractivity contribution in [1.29, 1.82) is 0 Å². The standard InChI is InChI=1S/C9H8Cl3N3O2S/c1-13-9(16)15(18(17)14(13)2)5-3-6(10)8(12)7(11)4-5/h3-4H,1-2H3. The number of hydrogen-bond acceptors (Lipinski definition) is 2. The highest BCUT2D eigenvalue weighted by atomic mass is 35.5. The Labute approximate surface area is 121 Å². The fourth-order valence-corrected chi connectivity index (χ4v) is 3.04. The van der Waals surface area contributed by atoms with Crippen molar-refractivity contribution >= 4 is 57.7 Å². The van der Waals surface area contributed by atoms with Gasteiger partial charge in [-0.25, -0.2) is 14.0 Å². The maximum absolute atomic E-state index is 12.0. The Morgan fingerprint density at radius 1 is 1.11 bits per heavy atom. The summed E-state index contributed by atoms with van der Waals surface area (Å²) in [6.07, 6.45) is 0. The zero-order chi connectivity index (χ0) is 13.6. The molecule has 1 aliphatic rings. The third kappa shape index (κ3) is 2.08. The van der Waals surface area contributed by atoms with Crippen molar-refractivity contribution in [3.63, 3.8) is 0 Å². The topological polar surface area (TPSA) is 43.9 Å². The van der Waals surface area contributed by atoms with Gasteiger partial charge in [0.25, 0.3) is 0 Å². The molecule has 0 aliphatic carbocycles. The number of benzene rings is 1. The van der Waals surface area contributed by atoms with Crippen molar-refractivity contribution in [2.45, 2.75) is 0 Å². The lowest BCUT2D eigenvalue weighted by Gasteiger charge is -2.13. The minimum Gasteiger partial charge on any atom is -0.246 e. The van der Waals surface area contributed by atoms with E-state index in [-0.39, 0.29) is 15.1 Å². The SMILES string of the molecule is CN1C(=O)N(c2cc(Cl)c(Cl)c(Cl)c2)S(=O)N1C. The Morgan fingerprint density at radius 3 is 2.00 bits per heavy atom. The summed E-state index contributed by atoms with van der Waals surface area (Å²) in [5, 5.41) is 1.82. The highest BCUT2D eigenvalue weighted by molar-refractivity contribution is 7.85. The Hall–Kier alpha value is -0.530. The first-order valence-electron chi connectivity index (χ1n) is 4.72. The molecular weight excluding hydrogens is 321 g/mol. The van der Waals surface area contributed by atoms with Crippen LogP contribution in [0.15, 0.2) is 12.1 Å². The number of urea groups is 1. The number of carbonyl (C=O) groups excluding carboxylic acids is 1. The molecule has 0 saturated carbocycles. The molecule has 1 aromatic rings. The minimum absolute atomic E-state index is 0.196. The number of carbonyl (C=O) groups is 1. The number of anilines is 1. The van der Waals surface area contributed by atoms with Gasteiger partial charge in [-0.3, -0.25) is 0 Å². The summed E-state index contributed by atoms with van der Waals surface area (Å²) >= 11 is 15.9. The first-order valence-corrected chi connectivity index (χ1v) is 6.92. The van der Waals surface area contributed by atoms with Crippen LogP contribution in [0.3, 0.4) is 0 Å². The van der Waals surface area contributed by atoms with Gasteiger partial charge < -0.3 is 0 Å². The molecule has 0 bridgehead atoms. The highest BCUT2D eigenvalue weighted by Crippen LogP contribution is 2.36. The molecule has 5 nitrogen and oxygen atoms in total. The van der Waals surface area contributed by atoms with E-state index in [9.17, 15) is 9.00 Å². The summed E-state index contributed by atoms with van der Waals surface area (Å²) in [6.45, 7) is 0. The lowest BCUT2D eigenvalue weighted by molar-refractivity contribution is 0.162. The number of nitrogens with zero attached hydrogens (tertiary/aromatic N) is 3. The molecule has 1 fully saturated rings. The molecule has 1 aliphatic heterocycles. The summed E-state index contributed by atoms with van der Waals surface area (Å²) < 4.78 is 14.4. The Bertz CT molecular complexity index is 511. The van der Waals surface area contributed by atoms with Crippen molar-refractivity contribution in [2.24, 2.45) is 0 Å². The maximum atomic E-state index is 12.0. The zero-order valence-electron chi connectivity index (χ0n) is 9.35. The minimum atomic E-state index is -1.66. The number of hydrazine groups is 1. The Morgan fingerprint density at radius 2 is 1.61 bits per heavy atom. The van der Waals surface area contributed by atoms with Gasteiger partial charge in [0.2, 0.25) is 11.2 Å². The molecule has 98 valence electrons. The first-order chi connectivity index (χ1) is 8.34. The van der Waals surface area contributed by atoms with Crippen LogP contribution < -0.4 is 4.31 Å². The van der Waals surface area contributed by atoms with Crippen LogP contribution in [0.2, 0.25) is 15.1 Å². The van der Waals surface area contributed by atoms with Crippen LogP contribution in [0, 0.1) is 0 Å². The molecule has 9 heteroatoms. The summed E-state index contributed by atoms with van der Waals surface area (Å²) in [4.78, 5) is 11.9. The van der Waals surface area contributed by atoms with E-state index in [1.165, 1.54) is 35.7 Å². The van der Waals surface area contributed by atoms with Crippen molar-refractivity contribution < 1.29 is 9.00 Å². The van der Waals surface area contributed by atoms with Gasteiger partial charge in [-0.2, -0.15) is 4.31 Å². The fraction of sp³-hybridized carbons (Fsp3) is 0.222. The van der Waals surface area contributed by atoms with Crippen LogP contribution >= 0.6 is 34.8 Å². The van der Waals surface area contributed by atoms with Gasteiger partial charge in [-0.15, -0.1) is 4.41 Å². The average Bonchev–Trinajstić information content (AvgIpc) is 2.50. The van der Waals surface area contributed by atoms with Gasteiger partial charge in [0.1, 0.15) is 0 Å². The fourth-order valence-electron chi connectivity index (χ4n) is 1.40. The van der Waals surface area contributed by atoms with E-state index in [2.05, 4.69) is 0 Å². The second-order valence-corrected chi connectivity index (χ2v) is 6.07. The van der Waals surface area contributed by atoms with E-state index < -0.39 is 17.2 Å². The van der Waals surface area contributed by atoms with Crippen LogP contribution in [-0.2, 0) is 11.2 Å². The summed E-state index contributed by atoms with van der Waals surface area (Å²) in [7, 11) is 3.05. The zero-order valence-corrected chi connectivity index (χ0v) is 12.4. The molecule has 1 atom stereocenters. The van der Waals surface area contributed by atoms with Gasteiger partial charge in [0, 0.05) is 14.1 Å². The number of halogens is 3. The van der Waals surface area contributed by atoms with Gasteiger partial charge in [-0.1, -0.05) is 34.8 Å². The quantitative estimate of drug-likeness (QED) is 0.744. The molecule has 1 aromatic carbocycles. The lowest BCUT2D eigenvalue weighted by Crippen LogP contribution is -2.32. The molecule has 2 amide bonds. The molecule has 0 radical (unpaired) electrons. The predicted molar refractivity (Wildman–Crippen MR) is 73.0 cm³/mol. The average molecular weight is 329 g/mol. The van der Waals surface area contributed by atoms with Crippen molar-refractivity contribution in [3.05, 3.63) is 27.2 Å². The maximum Gasteiger partial charge on any atom is 0.352 e. The largest absolute Gasteiger partial charge is 0.352 e. The third-order valence-corrected chi connectivity index (χ3v) is 5.03. The van der Waals surface area contributed by atoms with Crippen LogP contribution in [-0.4, -0.2) is 33.8 Å². The van der Waals surface area contributed by atoms with E-state index in [1.807, 2.05) is 0 Å². The van der Waals surface area contributed by atoms with Gasteiger partial charge in [0.15, 0.2) is 0 Å². The van der Waals surface area contributed by atoms with Crippen molar-refractivity contribution in [1.82, 2.24) is 9.42 Å². The smallest absolute Gasteiger partial charge is 0.246 e. The van der Waals surface area contributed by atoms with Gasteiger partial charge >= 0.3 is 6.03 Å². The first kappa shape index (κ1) is 13.9.